The molecule has 166 valence electrons. The van der Waals surface area contributed by atoms with Gasteiger partial charge < -0.3 is 20.1 Å². The van der Waals surface area contributed by atoms with Crippen LogP contribution >= 0.6 is 0 Å². The van der Waals surface area contributed by atoms with Gasteiger partial charge in [0.2, 0.25) is 0 Å². The predicted octanol–water partition coefficient (Wildman–Crippen LogP) is 1.76. The van der Waals surface area contributed by atoms with Gasteiger partial charge >= 0.3 is 0 Å². The van der Waals surface area contributed by atoms with Crippen molar-refractivity contribution in [2.75, 3.05) is 32.0 Å². The lowest BCUT2D eigenvalue weighted by molar-refractivity contribution is 0.0858. The number of hydrogen-bond donors (Lipinski definition) is 3. The van der Waals surface area contributed by atoms with E-state index in [2.05, 4.69) is 15.4 Å². The number of ether oxygens (including phenoxy) is 2. The molecule has 1 fully saturated rings. The number of methoxy groups -OCH3 is 1. The monoisotopic (exact) mass is 447 g/mol. The molecule has 1 atom stereocenters. The van der Waals surface area contributed by atoms with Gasteiger partial charge in [0.1, 0.15) is 5.75 Å². The second-order valence-electron chi connectivity index (χ2n) is 6.94. The van der Waals surface area contributed by atoms with Crippen molar-refractivity contribution in [3.05, 3.63) is 53.6 Å². The number of carbonyl (C=O) groups excluding carboxylic acids is 2. The summed E-state index contributed by atoms with van der Waals surface area (Å²) in [5.41, 5.74) is 0.393. The first-order chi connectivity index (χ1) is 14.9. The number of carbonyl (C=O) groups is 2. The number of nitrogens with one attached hydrogen (secondary N) is 3. The molecule has 0 unspecified atom stereocenters. The van der Waals surface area contributed by atoms with Crippen LogP contribution in [0.1, 0.15) is 33.6 Å². The van der Waals surface area contributed by atoms with E-state index in [1.165, 1.54) is 44.5 Å². The zero-order chi connectivity index (χ0) is 22.4. The van der Waals surface area contributed by atoms with Crippen LogP contribution in [0.25, 0.3) is 0 Å². The second kappa shape index (κ2) is 9.80. The number of para-hydroxylation sites is 1. The van der Waals surface area contributed by atoms with Gasteiger partial charge in [-0.1, -0.05) is 12.1 Å². The summed E-state index contributed by atoms with van der Waals surface area (Å²) in [5, 5.41) is 5.23. The molecular weight excluding hydrogens is 422 g/mol. The third kappa shape index (κ3) is 5.33. The van der Waals surface area contributed by atoms with Crippen molar-refractivity contribution < 1.29 is 27.5 Å². The molecular formula is C21H25N3O6S. The highest BCUT2D eigenvalue weighted by Gasteiger charge is 2.22. The lowest BCUT2D eigenvalue weighted by atomic mass is 10.1. The number of sulfonamides is 1. The van der Waals surface area contributed by atoms with Crippen LogP contribution < -0.4 is 20.1 Å². The molecule has 1 saturated heterocycles. The highest BCUT2D eigenvalue weighted by molar-refractivity contribution is 7.92. The van der Waals surface area contributed by atoms with E-state index in [1.54, 1.807) is 12.1 Å². The molecule has 3 rings (SSSR count). The van der Waals surface area contributed by atoms with Gasteiger partial charge in [-0.15, -0.1) is 0 Å². The maximum absolute atomic E-state index is 13.0. The third-order valence-electron chi connectivity index (χ3n) is 4.88. The minimum absolute atomic E-state index is 0.0322. The Balaban J connectivity index is 1.83. The molecule has 31 heavy (non-hydrogen) atoms. The molecule has 0 aromatic heterocycles. The summed E-state index contributed by atoms with van der Waals surface area (Å²) < 4.78 is 39.0. The van der Waals surface area contributed by atoms with E-state index >= 15 is 0 Å². The fourth-order valence-corrected chi connectivity index (χ4v) is 4.35. The van der Waals surface area contributed by atoms with E-state index in [1.807, 2.05) is 0 Å². The molecule has 9 nitrogen and oxygen atoms in total. The van der Waals surface area contributed by atoms with Gasteiger partial charge in [-0.05, 0) is 43.2 Å². The summed E-state index contributed by atoms with van der Waals surface area (Å²) in [4.78, 5) is 24.6. The van der Waals surface area contributed by atoms with Gasteiger partial charge in [0.15, 0.2) is 0 Å². The van der Waals surface area contributed by atoms with Crippen LogP contribution in [0.2, 0.25) is 0 Å². The normalized spacial score (nSPS) is 15.9. The average Bonchev–Trinajstić information content (AvgIpc) is 3.30. The van der Waals surface area contributed by atoms with Crippen molar-refractivity contribution in [2.45, 2.75) is 23.8 Å². The molecule has 0 spiro atoms. The van der Waals surface area contributed by atoms with Gasteiger partial charge in [-0.2, -0.15) is 0 Å². The molecule has 0 aliphatic carbocycles. The van der Waals surface area contributed by atoms with E-state index in [4.69, 9.17) is 9.47 Å². The fraction of sp³-hybridized carbons (Fsp3) is 0.333. The summed E-state index contributed by atoms with van der Waals surface area (Å²) in [6.45, 7) is 1.03. The first-order valence-corrected chi connectivity index (χ1v) is 11.3. The summed E-state index contributed by atoms with van der Waals surface area (Å²) >= 11 is 0. The molecule has 0 radical (unpaired) electrons. The fourth-order valence-electron chi connectivity index (χ4n) is 3.25. The Morgan fingerprint density at radius 3 is 2.58 bits per heavy atom. The lowest BCUT2D eigenvalue weighted by Gasteiger charge is -2.15. The molecule has 2 aromatic carbocycles. The van der Waals surface area contributed by atoms with Crippen molar-refractivity contribution in [3.8, 4) is 5.75 Å². The molecule has 1 aliphatic heterocycles. The number of rotatable bonds is 8. The molecule has 0 bridgehead atoms. The highest BCUT2D eigenvalue weighted by atomic mass is 32.2. The van der Waals surface area contributed by atoms with Crippen molar-refractivity contribution in [2.24, 2.45) is 0 Å². The largest absolute Gasteiger partial charge is 0.496 e. The van der Waals surface area contributed by atoms with Gasteiger partial charge in [-0.25, -0.2) is 8.42 Å². The molecule has 1 aliphatic rings. The van der Waals surface area contributed by atoms with Crippen LogP contribution in [-0.4, -0.2) is 53.6 Å². The van der Waals surface area contributed by atoms with E-state index in [-0.39, 0.29) is 33.6 Å². The third-order valence-corrected chi connectivity index (χ3v) is 6.25. The number of anilines is 1. The minimum atomic E-state index is -4.08. The van der Waals surface area contributed by atoms with Crippen molar-refractivity contribution in [1.29, 1.82) is 0 Å². The Morgan fingerprint density at radius 2 is 1.90 bits per heavy atom. The maximum atomic E-state index is 13.0. The molecule has 10 heteroatoms. The Bertz CT molecular complexity index is 1060. The van der Waals surface area contributed by atoms with Gasteiger partial charge in [-0.3, -0.25) is 14.3 Å². The van der Waals surface area contributed by atoms with E-state index < -0.39 is 21.8 Å². The quantitative estimate of drug-likeness (QED) is 0.567. The molecule has 3 N–H and O–H groups in total. The molecule has 2 aromatic rings. The summed E-state index contributed by atoms with van der Waals surface area (Å²) in [7, 11) is -1.25. The van der Waals surface area contributed by atoms with E-state index in [0.717, 1.165) is 12.8 Å². The van der Waals surface area contributed by atoms with Crippen LogP contribution in [-0.2, 0) is 14.8 Å². The van der Waals surface area contributed by atoms with Gasteiger partial charge in [0.25, 0.3) is 21.8 Å². The standard InChI is InChI=1S/C21H25N3O6S/c1-22-20(25)17-12-15(9-10-19(17)29-2)31(27,28)24-18-8-4-3-7-16(18)21(26)23-13-14-6-5-11-30-14/h3-4,7-10,12,14,24H,5-6,11,13H2,1-2H3,(H,22,25)(H,23,26)/t14-/m1/s1. The van der Waals surface area contributed by atoms with Crippen LogP contribution in [0.15, 0.2) is 47.4 Å². The maximum Gasteiger partial charge on any atom is 0.261 e. The average molecular weight is 448 g/mol. The van der Waals surface area contributed by atoms with Gasteiger partial charge in [0.05, 0.1) is 34.9 Å². The Hall–Kier alpha value is -3.11. The Kier molecular flexibility index (Phi) is 7.13. The Morgan fingerprint density at radius 1 is 1.13 bits per heavy atom. The predicted molar refractivity (Wildman–Crippen MR) is 115 cm³/mol. The second-order valence-corrected chi connectivity index (χ2v) is 8.62. The summed E-state index contributed by atoms with van der Waals surface area (Å²) in [6.07, 6.45) is 1.80. The minimum Gasteiger partial charge on any atom is -0.496 e. The van der Waals surface area contributed by atoms with Crippen molar-refractivity contribution >= 4 is 27.5 Å². The van der Waals surface area contributed by atoms with Crippen molar-refractivity contribution in [3.63, 3.8) is 0 Å². The van der Waals surface area contributed by atoms with Crippen LogP contribution in [0.5, 0.6) is 5.75 Å². The molecule has 1 heterocycles. The molecule has 2 amide bonds. The van der Waals surface area contributed by atoms with Crippen molar-refractivity contribution in [1.82, 2.24) is 10.6 Å². The number of amides is 2. The number of benzene rings is 2. The van der Waals surface area contributed by atoms with E-state index in [9.17, 15) is 18.0 Å². The lowest BCUT2D eigenvalue weighted by Crippen LogP contribution is -2.32. The smallest absolute Gasteiger partial charge is 0.261 e. The van der Waals surface area contributed by atoms with E-state index in [0.29, 0.717) is 13.2 Å². The van der Waals surface area contributed by atoms with Crippen LogP contribution in [0, 0.1) is 0 Å². The van der Waals surface area contributed by atoms with Crippen LogP contribution in [0.3, 0.4) is 0 Å². The molecule has 0 saturated carbocycles. The number of hydrogen-bond acceptors (Lipinski definition) is 6. The first-order valence-electron chi connectivity index (χ1n) is 9.77. The first kappa shape index (κ1) is 22.6. The summed E-state index contributed by atoms with van der Waals surface area (Å²) in [5.74, 6) is -0.649. The summed E-state index contributed by atoms with van der Waals surface area (Å²) in [6, 6.07) is 10.3. The zero-order valence-corrected chi connectivity index (χ0v) is 18.1. The van der Waals surface area contributed by atoms with Gasteiger partial charge in [0, 0.05) is 20.2 Å². The topological polar surface area (TPSA) is 123 Å². The van der Waals surface area contributed by atoms with Crippen LogP contribution in [0.4, 0.5) is 5.69 Å². The SMILES string of the molecule is CNC(=O)c1cc(S(=O)(=O)Nc2ccccc2C(=O)NC[C@H]2CCCO2)ccc1OC. The zero-order valence-electron chi connectivity index (χ0n) is 17.3. The Labute approximate surface area is 181 Å². The highest BCUT2D eigenvalue weighted by Crippen LogP contribution is 2.25.